The van der Waals surface area contributed by atoms with Crippen LogP contribution in [0.2, 0.25) is 0 Å². The summed E-state index contributed by atoms with van der Waals surface area (Å²) in [4.78, 5) is 14.6. The van der Waals surface area contributed by atoms with Crippen LogP contribution in [-0.4, -0.2) is 18.0 Å². The summed E-state index contributed by atoms with van der Waals surface area (Å²) in [5, 5.41) is 20.0. The van der Waals surface area contributed by atoms with Crippen LogP contribution in [0.3, 0.4) is 0 Å². The Labute approximate surface area is 188 Å². The molecule has 3 N–H and O–H groups in total. The fraction of sp³-hybridized carbons (Fsp3) is 0.250. The van der Waals surface area contributed by atoms with E-state index >= 15 is 0 Å². The van der Waals surface area contributed by atoms with E-state index in [0.29, 0.717) is 35.4 Å². The van der Waals surface area contributed by atoms with E-state index in [9.17, 15) is 28.3 Å². The molecule has 2 aromatic rings. The van der Waals surface area contributed by atoms with Gasteiger partial charge in [-0.25, -0.2) is 0 Å². The number of methoxy groups -OCH3 is 1. The van der Waals surface area contributed by atoms with E-state index in [1.54, 1.807) is 12.1 Å². The largest absolute Gasteiger partial charge is 0.504 e. The van der Waals surface area contributed by atoms with Gasteiger partial charge in [0.15, 0.2) is 17.3 Å². The number of hydrogen-bond donors (Lipinski definition) is 2. The fourth-order valence-corrected chi connectivity index (χ4v) is 4.39. The predicted octanol–water partition coefficient (Wildman–Crippen LogP) is 4.72. The summed E-state index contributed by atoms with van der Waals surface area (Å²) in [7, 11) is 1.39. The number of benzene rings is 2. The number of ketones is 1. The molecule has 0 bridgehead atoms. The first-order chi connectivity index (χ1) is 15.7. The second-order valence-corrected chi connectivity index (χ2v) is 7.79. The maximum absolute atomic E-state index is 13.1. The van der Waals surface area contributed by atoms with Crippen molar-refractivity contribution in [2.24, 2.45) is 5.73 Å². The van der Waals surface area contributed by atoms with Gasteiger partial charge in [0, 0.05) is 23.4 Å². The summed E-state index contributed by atoms with van der Waals surface area (Å²) in [6.07, 6.45) is -3.19. The monoisotopic (exact) mass is 455 g/mol. The molecule has 0 radical (unpaired) electrons. The number of rotatable bonds is 3. The Bertz CT molecular complexity index is 1220. The zero-order valence-electron chi connectivity index (χ0n) is 17.6. The molecule has 0 amide bonds. The summed E-state index contributed by atoms with van der Waals surface area (Å²) in [5.41, 5.74) is 7.49. The van der Waals surface area contributed by atoms with E-state index in [4.69, 9.17) is 10.5 Å². The number of hydrogen-bond acceptors (Lipinski definition) is 6. The van der Waals surface area contributed by atoms with Crippen LogP contribution in [0.5, 0.6) is 11.5 Å². The Morgan fingerprint density at radius 3 is 2.48 bits per heavy atom. The minimum absolute atomic E-state index is 0.0442. The van der Waals surface area contributed by atoms with Gasteiger partial charge in [-0.2, -0.15) is 18.4 Å². The topological polar surface area (TPSA) is 99.6 Å². The fourth-order valence-electron chi connectivity index (χ4n) is 4.39. The van der Waals surface area contributed by atoms with Crippen LogP contribution in [-0.2, 0) is 11.0 Å². The molecule has 4 rings (SSSR count). The Balaban J connectivity index is 1.91. The average molecular weight is 455 g/mol. The Morgan fingerprint density at radius 2 is 1.88 bits per heavy atom. The lowest BCUT2D eigenvalue weighted by Crippen LogP contribution is -2.38. The second-order valence-electron chi connectivity index (χ2n) is 7.79. The highest BCUT2D eigenvalue weighted by Gasteiger charge is 2.40. The molecule has 33 heavy (non-hydrogen) atoms. The van der Waals surface area contributed by atoms with Gasteiger partial charge in [-0.15, -0.1) is 0 Å². The molecule has 0 unspecified atom stereocenters. The van der Waals surface area contributed by atoms with E-state index in [0.717, 1.165) is 12.1 Å². The first-order valence-corrected chi connectivity index (χ1v) is 10.2. The van der Waals surface area contributed by atoms with Crippen molar-refractivity contribution in [1.29, 1.82) is 5.26 Å². The third kappa shape index (κ3) is 3.78. The first-order valence-electron chi connectivity index (χ1n) is 10.2. The molecule has 0 aromatic heterocycles. The molecular formula is C24H20F3N3O3. The molecule has 1 aliphatic carbocycles. The molecule has 1 atom stereocenters. The molecule has 1 aliphatic heterocycles. The lowest BCUT2D eigenvalue weighted by Gasteiger charge is -2.39. The van der Waals surface area contributed by atoms with Crippen molar-refractivity contribution < 1.29 is 27.8 Å². The molecule has 9 heteroatoms. The third-order valence-electron chi connectivity index (χ3n) is 5.90. The zero-order valence-corrected chi connectivity index (χ0v) is 17.6. The number of anilines is 1. The highest BCUT2D eigenvalue weighted by Crippen LogP contribution is 2.47. The van der Waals surface area contributed by atoms with E-state index in [2.05, 4.69) is 6.07 Å². The third-order valence-corrected chi connectivity index (χ3v) is 5.90. The van der Waals surface area contributed by atoms with Crippen LogP contribution in [0, 0.1) is 11.3 Å². The van der Waals surface area contributed by atoms with Gasteiger partial charge in [0.05, 0.1) is 30.2 Å². The van der Waals surface area contributed by atoms with E-state index < -0.39 is 17.7 Å². The lowest BCUT2D eigenvalue weighted by molar-refractivity contribution is -0.137. The lowest BCUT2D eigenvalue weighted by atomic mass is 9.75. The second kappa shape index (κ2) is 8.20. The number of halogens is 3. The summed E-state index contributed by atoms with van der Waals surface area (Å²) in [5.74, 6) is -0.812. The van der Waals surface area contributed by atoms with Gasteiger partial charge in [0.1, 0.15) is 5.82 Å². The van der Waals surface area contributed by atoms with Gasteiger partial charge in [-0.3, -0.25) is 9.69 Å². The summed E-state index contributed by atoms with van der Waals surface area (Å²) in [6, 6.07) is 11.1. The van der Waals surface area contributed by atoms with Crippen molar-refractivity contribution in [3.8, 4) is 17.6 Å². The number of ether oxygens (including phenoxy) is 1. The van der Waals surface area contributed by atoms with Crippen molar-refractivity contribution in [1.82, 2.24) is 0 Å². The number of carbonyl (C=O) groups is 1. The number of allylic oxidation sites excluding steroid dienone is 3. The van der Waals surface area contributed by atoms with Crippen LogP contribution in [0.1, 0.15) is 36.3 Å². The first kappa shape index (κ1) is 22.3. The maximum Gasteiger partial charge on any atom is 0.416 e. The van der Waals surface area contributed by atoms with Crippen LogP contribution in [0.25, 0.3) is 0 Å². The number of phenols is 1. The molecule has 0 saturated carbocycles. The zero-order chi connectivity index (χ0) is 23.9. The quantitative estimate of drug-likeness (QED) is 0.695. The van der Waals surface area contributed by atoms with Crippen molar-refractivity contribution >= 4 is 11.5 Å². The highest BCUT2D eigenvalue weighted by molar-refractivity contribution is 6.01. The number of nitrogens with zero attached hydrogens (tertiary/aromatic N) is 2. The minimum Gasteiger partial charge on any atom is -0.504 e. The number of phenolic OH excluding ortho intramolecular Hbond substituents is 1. The molecule has 1 heterocycles. The molecule has 6 nitrogen and oxygen atoms in total. The van der Waals surface area contributed by atoms with Crippen molar-refractivity contribution in [2.45, 2.75) is 31.4 Å². The van der Waals surface area contributed by atoms with Gasteiger partial charge in [-0.05, 0) is 54.8 Å². The van der Waals surface area contributed by atoms with E-state index in [-0.39, 0.29) is 35.1 Å². The SMILES string of the molecule is COc1cc([C@@H]2C(C#N)=C(N)N(c3ccc(C(F)(F)F)cc3)C3=C2C(=O)CCC3)ccc1O. The Kier molecular flexibility index (Phi) is 5.54. The molecular weight excluding hydrogens is 435 g/mol. The predicted molar refractivity (Wildman–Crippen MR) is 114 cm³/mol. The van der Waals surface area contributed by atoms with Gasteiger partial charge in [-0.1, -0.05) is 6.07 Å². The Hall–Kier alpha value is -3.93. The number of nitrogens with two attached hydrogens (primary N) is 1. The molecule has 2 aromatic carbocycles. The average Bonchev–Trinajstić information content (AvgIpc) is 2.78. The van der Waals surface area contributed by atoms with E-state index in [1.165, 1.54) is 30.2 Å². The normalized spacial score (nSPS) is 18.8. The number of alkyl halides is 3. The molecule has 170 valence electrons. The Morgan fingerprint density at radius 1 is 1.18 bits per heavy atom. The molecule has 2 aliphatic rings. The van der Waals surface area contributed by atoms with Gasteiger partial charge < -0.3 is 15.6 Å². The molecule has 0 spiro atoms. The smallest absolute Gasteiger partial charge is 0.416 e. The molecule has 0 saturated heterocycles. The minimum atomic E-state index is -4.49. The maximum atomic E-state index is 13.1. The van der Waals surface area contributed by atoms with Crippen LogP contribution >= 0.6 is 0 Å². The van der Waals surface area contributed by atoms with E-state index in [1.807, 2.05) is 0 Å². The summed E-state index contributed by atoms with van der Waals surface area (Å²) < 4.78 is 44.3. The van der Waals surface area contributed by atoms with Crippen LogP contribution in [0.4, 0.5) is 18.9 Å². The summed E-state index contributed by atoms with van der Waals surface area (Å²) >= 11 is 0. The number of Topliss-reactive ketones (excluding diaryl/α,β-unsaturated/α-hetero) is 1. The van der Waals surface area contributed by atoms with Gasteiger partial charge >= 0.3 is 6.18 Å². The van der Waals surface area contributed by atoms with Gasteiger partial charge in [0.2, 0.25) is 0 Å². The van der Waals surface area contributed by atoms with Crippen LogP contribution < -0.4 is 15.4 Å². The van der Waals surface area contributed by atoms with Crippen LogP contribution in [0.15, 0.2) is 65.1 Å². The van der Waals surface area contributed by atoms with Crippen molar-refractivity contribution in [3.05, 3.63) is 76.3 Å². The van der Waals surface area contributed by atoms with Crippen molar-refractivity contribution in [3.63, 3.8) is 0 Å². The number of nitriles is 1. The number of carbonyl (C=O) groups excluding carboxylic acids is 1. The van der Waals surface area contributed by atoms with Gasteiger partial charge in [0.25, 0.3) is 0 Å². The standard InChI is InChI=1S/C24H20F3N3O3/c1-33-20-11-13(5-10-18(20)31)21-16(12-28)23(29)30(17-3-2-4-19(32)22(17)21)15-8-6-14(7-9-15)24(25,26)27/h5-11,21,31H,2-4,29H2,1H3/t21-/m1/s1. The number of aromatic hydroxyl groups is 1. The molecule has 0 fully saturated rings. The highest BCUT2D eigenvalue weighted by atomic mass is 19.4. The summed E-state index contributed by atoms with van der Waals surface area (Å²) in [6.45, 7) is 0. The van der Waals surface area contributed by atoms with Crippen molar-refractivity contribution in [2.75, 3.05) is 12.0 Å².